The minimum Gasteiger partial charge on any atom is -0.373 e. The van der Waals surface area contributed by atoms with E-state index in [1.165, 1.54) is 0 Å². The van der Waals surface area contributed by atoms with E-state index in [1.54, 1.807) is 19.2 Å². The number of carbonyl (C=O) groups excluding carboxylic acids is 1. The number of carbonyl (C=O) groups is 1. The highest BCUT2D eigenvalue weighted by Crippen LogP contribution is 2.29. The lowest BCUT2D eigenvalue weighted by Crippen LogP contribution is -2.34. The number of hydrogen-bond donors (Lipinski definition) is 1. The summed E-state index contributed by atoms with van der Waals surface area (Å²) in [4.78, 5) is 18.6. The molecule has 0 aromatic carbocycles. The van der Waals surface area contributed by atoms with Gasteiger partial charge in [0, 0.05) is 19.6 Å². The first kappa shape index (κ1) is 13.1. The summed E-state index contributed by atoms with van der Waals surface area (Å²) in [5, 5.41) is 3.34. The van der Waals surface area contributed by atoms with E-state index in [4.69, 9.17) is 11.6 Å². The fourth-order valence-corrected chi connectivity index (χ4v) is 2.13. The van der Waals surface area contributed by atoms with Gasteiger partial charge in [0.05, 0.1) is 5.02 Å². The Balaban J connectivity index is 2.25. The maximum Gasteiger partial charge on any atom is 0.274 e. The smallest absolute Gasteiger partial charge is 0.274 e. The Kier molecular flexibility index (Phi) is 4.07. The summed E-state index contributed by atoms with van der Waals surface area (Å²) in [5.41, 5.74) is 0.351. The molecule has 98 valence electrons. The molecule has 2 rings (SSSR count). The second-order valence-corrected chi connectivity index (χ2v) is 4.91. The average Bonchev–Trinajstić information content (AvgIpc) is 3.20. The monoisotopic (exact) mass is 267 g/mol. The van der Waals surface area contributed by atoms with Crippen molar-refractivity contribution in [3.63, 3.8) is 0 Å². The fraction of sp³-hybridized carbons (Fsp3) is 0.538. The second kappa shape index (κ2) is 5.57. The Hall–Kier alpha value is -1.29. The molecule has 1 aliphatic rings. The first-order chi connectivity index (χ1) is 8.67. The standard InChI is InChI=1S/C13H18ClN3O/c1-3-8-17(9-4-5-9)13(18)12-10(14)6-7-11(15-2)16-12/h6-7,9H,3-5,8H2,1-2H3,(H,15,16). The number of anilines is 1. The maximum atomic E-state index is 12.5. The fourth-order valence-electron chi connectivity index (χ4n) is 1.94. The predicted octanol–water partition coefficient (Wildman–Crippen LogP) is 2.79. The van der Waals surface area contributed by atoms with Gasteiger partial charge in [0.2, 0.25) is 0 Å². The largest absolute Gasteiger partial charge is 0.373 e. The molecule has 0 unspecified atom stereocenters. The average molecular weight is 268 g/mol. The lowest BCUT2D eigenvalue weighted by molar-refractivity contribution is 0.0737. The van der Waals surface area contributed by atoms with Crippen LogP contribution in [0.3, 0.4) is 0 Å². The van der Waals surface area contributed by atoms with Crippen molar-refractivity contribution in [2.45, 2.75) is 32.2 Å². The number of nitrogens with zero attached hydrogens (tertiary/aromatic N) is 2. The number of pyridine rings is 1. The first-order valence-corrected chi connectivity index (χ1v) is 6.70. The van der Waals surface area contributed by atoms with Gasteiger partial charge in [-0.3, -0.25) is 4.79 Å². The highest BCUT2D eigenvalue weighted by molar-refractivity contribution is 6.33. The third-order valence-corrected chi connectivity index (χ3v) is 3.32. The van der Waals surface area contributed by atoms with Gasteiger partial charge in [-0.05, 0) is 31.4 Å². The minimum absolute atomic E-state index is 0.0542. The van der Waals surface area contributed by atoms with Crippen molar-refractivity contribution in [3.8, 4) is 0 Å². The lowest BCUT2D eigenvalue weighted by atomic mass is 10.2. The van der Waals surface area contributed by atoms with E-state index >= 15 is 0 Å². The summed E-state index contributed by atoms with van der Waals surface area (Å²) in [5.74, 6) is 0.608. The van der Waals surface area contributed by atoms with Crippen LogP contribution in [0.4, 0.5) is 5.82 Å². The van der Waals surface area contributed by atoms with Gasteiger partial charge in [-0.2, -0.15) is 0 Å². The third-order valence-electron chi connectivity index (χ3n) is 3.02. The van der Waals surface area contributed by atoms with E-state index in [2.05, 4.69) is 17.2 Å². The number of nitrogens with one attached hydrogen (secondary N) is 1. The number of halogens is 1. The molecule has 4 nitrogen and oxygen atoms in total. The lowest BCUT2D eigenvalue weighted by Gasteiger charge is -2.21. The minimum atomic E-state index is -0.0542. The van der Waals surface area contributed by atoms with Crippen LogP contribution in [0.1, 0.15) is 36.7 Å². The zero-order valence-corrected chi connectivity index (χ0v) is 11.5. The molecule has 1 aromatic rings. The molecule has 5 heteroatoms. The quantitative estimate of drug-likeness (QED) is 0.892. The van der Waals surface area contributed by atoms with E-state index in [-0.39, 0.29) is 5.91 Å². The van der Waals surface area contributed by atoms with Crippen LogP contribution >= 0.6 is 11.6 Å². The molecule has 1 fully saturated rings. The molecule has 1 saturated carbocycles. The molecule has 0 saturated heterocycles. The van der Waals surface area contributed by atoms with Crippen molar-refractivity contribution in [3.05, 3.63) is 22.8 Å². The molecule has 1 amide bonds. The number of aromatic nitrogens is 1. The van der Waals surface area contributed by atoms with E-state index in [0.717, 1.165) is 25.8 Å². The molecule has 1 N–H and O–H groups in total. The van der Waals surface area contributed by atoms with Crippen LogP contribution in [0.2, 0.25) is 5.02 Å². The molecular formula is C13H18ClN3O. The molecule has 1 aromatic heterocycles. The molecule has 0 bridgehead atoms. The summed E-state index contributed by atoms with van der Waals surface area (Å²) in [6.07, 6.45) is 3.13. The maximum absolute atomic E-state index is 12.5. The SMILES string of the molecule is CCCN(C(=O)c1nc(NC)ccc1Cl)C1CC1. The van der Waals surface area contributed by atoms with Crippen LogP contribution in [0, 0.1) is 0 Å². The zero-order valence-electron chi connectivity index (χ0n) is 10.7. The molecule has 0 atom stereocenters. The van der Waals surface area contributed by atoms with Crippen molar-refractivity contribution < 1.29 is 4.79 Å². The third kappa shape index (κ3) is 2.75. The molecule has 1 heterocycles. The zero-order chi connectivity index (χ0) is 13.1. The van der Waals surface area contributed by atoms with Crippen molar-refractivity contribution in [1.29, 1.82) is 0 Å². The molecule has 0 aliphatic heterocycles. The molecular weight excluding hydrogens is 250 g/mol. The van der Waals surface area contributed by atoms with Gasteiger partial charge in [-0.15, -0.1) is 0 Å². The van der Waals surface area contributed by atoms with Crippen LogP contribution < -0.4 is 5.32 Å². The Labute approximate surface area is 112 Å². The number of amides is 1. The van der Waals surface area contributed by atoms with E-state index in [0.29, 0.717) is 22.6 Å². The van der Waals surface area contributed by atoms with Gasteiger partial charge in [0.1, 0.15) is 11.5 Å². The van der Waals surface area contributed by atoms with Crippen LogP contribution in [-0.4, -0.2) is 35.4 Å². The second-order valence-electron chi connectivity index (χ2n) is 4.51. The van der Waals surface area contributed by atoms with E-state index in [9.17, 15) is 4.79 Å². The molecule has 0 radical (unpaired) electrons. The Morgan fingerprint density at radius 1 is 1.56 bits per heavy atom. The molecule has 1 aliphatic carbocycles. The summed E-state index contributed by atoms with van der Waals surface area (Å²) in [6.45, 7) is 2.84. The first-order valence-electron chi connectivity index (χ1n) is 6.32. The van der Waals surface area contributed by atoms with Gasteiger partial charge < -0.3 is 10.2 Å². The van der Waals surface area contributed by atoms with E-state index < -0.39 is 0 Å². The summed E-state index contributed by atoms with van der Waals surface area (Å²) in [6, 6.07) is 3.86. The van der Waals surface area contributed by atoms with Crippen molar-refractivity contribution >= 4 is 23.3 Å². The van der Waals surface area contributed by atoms with Gasteiger partial charge in [0.15, 0.2) is 0 Å². The van der Waals surface area contributed by atoms with Crippen molar-refractivity contribution in [1.82, 2.24) is 9.88 Å². The predicted molar refractivity (Wildman–Crippen MR) is 73.1 cm³/mol. The van der Waals surface area contributed by atoms with E-state index in [1.807, 2.05) is 4.90 Å². The van der Waals surface area contributed by atoms with Gasteiger partial charge in [-0.25, -0.2) is 4.98 Å². The number of hydrogen-bond acceptors (Lipinski definition) is 3. The highest BCUT2D eigenvalue weighted by atomic mass is 35.5. The van der Waals surface area contributed by atoms with Crippen LogP contribution in [0.5, 0.6) is 0 Å². The van der Waals surface area contributed by atoms with Gasteiger partial charge >= 0.3 is 0 Å². The number of rotatable bonds is 5. The highest BCUT2D eigenvalue weighted by Gasteiger charge is 2.33. The topological polar surface area (TPSA) is 45.2 Å². The van der Waals surface area contributed by atoms with Crippen molar-refractivity contribution in [2.24, 2.45) is 0 Å². The van der Waals surface area contributed by atoms with Crippen LogP contribution in [0.25, 0.3) is 0 Å². The Morgan fingerprint density at radius 3 is 2.83 bits per heavy atom. The van der Waals surface area contributed by atoms with Crippen LogP contribution in [-0.2, 0) is 0 Å². The van der Waals surface area contributed by atoms with Crippen LogP contribution in [0.15, 0.2) is 12.1 Å². The summed E-state index contributed by atoms with van der Waals surface area (Å²) in [7, 11) is 1.77. The van der Waals surface area contributed by atoms with Gasteiger partial charge in [0.25, 0.3) is 5.91 Å². The Bertz CT molecular complexity index is 446. The Morgan fingerprint density at radius 2 is 2.28 bits per heavy atom. The summed E-state index contributed by atoms with van der Waals surface area (Å²) < 4.78 is 0. The molecule has 0 spiro atoms. The van der Waals surface area contributed by atoms with Gasteiger partial charge in [-0.1, -0.05) is 18.5 Å². The normalized spacial score (nSPS) is 14.4. The summed E-state index contributed by atoms with van der Waals surface area (Å²) >= 11 is 6.08. The molecule has 18 heavy (non-hydrogen) atoms. The van der Waals surface area contributed by atoms with Crippen molar-refractivity contribution in [2.75, 3.05) is 18.9 Å².